The second-order valence-corrected chi connectivity index (χ2v) is 12.3. The highest BCUT2D eigenvalue weighted by Crippen LogP contribution is 2.15. The van der Waals surface area contributed by atoms with Crippen molar-refractivity contribution in [1.29, 1.82) is 0 Å². The first-order valence-electron chi connectivity index (χ1n) is 16.6. The number of nitrogens with zero attached hydrogens (tertiary/aromatic N) is 1. The van der Waals surface area contributed by atoms with Crippen LogP contribution in [-0.2, 0) is 9.59 Å². The van der Waals surface area contributed by atoms with Gasteiger partial charge in [0.15, 0.2) is 0 Å². The van der Waals surface area contributed by atoms with Crippen molar-refractivity contribution in [3.8, 4) is 0 Å². The third-order valence-electron chi connectivity index (χ3n) is 7.60. The van der Waals surface area contributed by atoms with Gasteiger partial charge in [0.1, 0.15) is 6.26 Å². The van der Waals surface area contributed by atoms with Crippen molar-refractivity contribution in [2.45, 2.75) is 59.0 Å². The lowest BCUT2D eigenvalue weighted by Crippen LogP contribution is -2.47. The summed E-state index contributed by atoms with van der Waals surface area (Å²) in [6.45, 7) is 7.24. The van der Waals surface area contributed by atoms with E-state index in [1.807, 2.05) is 74.5 Å². The van der Waals surface area contributed by atoms with Gasteiger partial charge in [-0.05, 0) is 95.1 Å². The number of amides is 5. The lowest BCUT2D eigenvalue weighted by Gasteiger charge is -2.32. The summed E-state index contributed by atoms with van der Waals surface area (Å²) in [5.41, 5.74) is 4.51. The molecule has 2 fully saturated rings. The van der Waals surface area contributed by atoms with Gasteiger partial charge in [-0.15, -0.1) is 23.2 Å². The summed E-state index contributed by atoms with van der Waals surface area (Å²) in [6.07, 6.45) is 9.94. The number of piperidine rings is 2. The molecule has 2 aliphatic rings. The highest BCUT2D eigenvalue weighted by molar-refractivity contribution is 6.40. The van der Waals surface area contributed by atoms with Crippen LogP contribution >= 0.6 is 23.2 Å². The zero-order valence-electron chi connectivity index (χ0n) is 29.2. The third-order valence-corrected chi connectivity index (χ3v) is 7.60. The summed E-state index contributed by atoms with van der Waals surface area (Å²) in [5.74, 6) is -0.0219. The molecule has 4 aromatic rings. The Bertz CT molecular complexity index is 1560. The summed E-state index contributed by atoms with van der Waals surface area (Å²) in [6, 6.07) is 20.8. The molecule has 2 aromatic carbocycles. The molecule has 0 aliphatic carbocycles. The van der Waals surface area contributed by atoms with Crippen LogP contribution in [0.3, 0.4) is 0 Å². The number of alkyl halides is 2. The lowest BCUT2D eigenvalue weighted by molar-refractivity contribution is -0.191. The quantitative estimate of drug-likeness (QED) is 0.127. The van der Waals surface area contributed by atoms with Gasteiger partial charge in [0.25, 0.3) is 5.91 Å². The lowest BCUT2D eigenvalue weighted by atomic mass is 10.0. The first kappa shape index (κ1) is 46.0. The maximum absolute atomic E-state index is 12.2. The van der Waals surface area contributed by atoms with Crippen LogP contribution < -0.4 is 26.6 Å². The minimum atomic E-state index is -0.210. The topological polar surface area (TPSA) is 175 Å². The van der Waals surface area contributed by atoms with Crippen molar-refractivity contribution >= 4 is 58.7 Å². The monoisotopic (exact) mass is 775 g/mol. The molecule has 0 radical (unpaired) electrons. The molecule has 4 heterocycles. The number of nitrogens with one attached hydrogen (secondary N) is 5. The SMILES string of the molecule is C.Cc1ccc(NC(=O)NC2CCN(C(=O)c3ccoc3)CC2)cc1.Cc1ccc(NC(=O)NC2CCNCC2)cc1.ClCCl.O=C=O.[2HH].c1ccoc1. The van der Waals surface area contributed by atoms with Gasteiger partial charge in [-0.25, -0.2) is 9.59 Å². The number of carbonyl (C=O) groups is 3. The molecule has 2 aliphatic heterocycles. The van der Waals surface area contributed by atoms with Gasteiger partial charge in [0.05, 0.1) is 29.7 Å². The maximum Gasteiger partial charge on any atom is 0.373 e. The van der Waals surface area contributed by atoms with Crippen LogP contribution in [0.2, 0.25) is 0 Å². The first-order valence-corrected chi connectivity index (χ1v) is 17.6. The number of halogens is 2. The van der Waals surface area contributed by atoms with Gasteiger partial charge < -0.3 is 40.3 Å². The van der Waals surface area contributed by atoms with Gasteiger partial charge in [-0.3, -0.25) is 4.79 Å². The third kappa shape index (κ3) is 19.9. The zero-order valence-corrected chi connectivity index (χ0v) is 30.8. The molecule has 0 atom stereocenters. The highest BCUT2D eigenvalue weighted by Gasteiger charge is 2.25. The number of hydrogen-bond donors (Lipinski definition) is 5. The Morgan fingerprint density at radius 3 is 1.57 bits per heavy atom. The van der Waals surface area contributed by atoms with E-state index in [-0.39, 0.29) is 44.4 Å². The van der Waals surface area contributed by atoms with E-state index in [0.29, 0.717) is 24.7 Å². The number of carbonyl (C=O) groups excluding carboxylic acids is 5. The minimum absolute atomic E-state index is 0. The summed E-state index contributed by atoms with van der Waals surface area (Å²) in [7, 11) is 0. The fourth-order valence-electron chi connectivity index (χ4n) is 4.97. The molecule has 15 heteroatoms. The number of furan rings is 2. The van der Waals surface area contributed by atoms with Gasteiger partial charge in [0, 0.05) is 38.0 Å². The van der Waals surface area contributed by atoms with Gasteiger partial charge in [0.2, 0.25) is 0 Å². The Balaban J connectivity index is 0.000000813. The Hall–Kier alpha value is -5.07. The molecular weight excluding hydrogens is 723 g/mol. The molecule has 5 N–H and O–H groups in total. The highest BCUT2D eigenvalue weighted by atomic mass is 35.5. The van der Waals surface area contributed by atoms with Crippen molar-refractivity contribution in [3.63, 3.8) is 0 Å². The van der Waals surface area contributed by atoms with Crippen molar-refractivity contribution in [2.75, 3.05) is 42.2 Å². The standard InChI is InChI=1S/C18H21N3O3.C13H19N3O.C4H4O.CH2Cl2.CO2.CH4.H2/c1-13-2-4-15(5-3-13)19-18(23)20-16-6-9-21(10-7-16)17(22)14-8-11-24-12-14;1-10-2-4-11(5-3-10)15-13(17)16-12-6-8-14-9-7-12;1-2-4-5-3-1;2*2-1-3;;/h2-5,8,11-12,16H,6-7,9-10H2,1H3,(H2,19,20,23);2-5,12,14H,6-9H2,1H3,(H2,15,16,17);1-4H;1H2;;1H4;1H/i;;;;;;1+1. The van der Waals surface area contributed by atoms with Crippen molar-refractivity contribution in [2.24, 2.45) is 0 Å². The van der Waals surface area contributed by atoms with E-state index in [2.05, 4.69) is 31.0 Å². The predicted molar refractivity (Wildman–Crippen MR) is 209 cm³/mol. The van der Waals surface area contributed by atoms with E-state index in [4.69, 9.17) is 37.2 Å². The normalized spacial score (nSPS) is 13.4. The molecule has 0 unspecified atom stereocenters. The molecule has 0 bridgehead atoms. The summed E-state index contributed by atoms with van der Waals surface area (Å²) in [5, 5.41) is 15.1. The molecule has 5 amide bonds. The molecule has 2 aromatic heterocycles. The summed E-state index contributed by atoms with van der Waals surface area (Å²) < 4.78 is 9.53. The van der Waals surface area contributed by atoms with Gasteiger partial charge in [-0.2, -0.15) is 9.59 Å². The largest absolute Gasteiger partial charge is 0.473 e. The van der Waals surface area contributed by atoms with Crippen molar-refractivity contribution < 1.29 is 34.2 Å². The smallest absolute Gasteiger partial charge is 0.373 e. The molecule has 53 heavy (non-hydrogen) atoms. The molecule has 6 rings (SSSR count). The van der Waals surface area contributed by atoms with E-state index in [0.717, 1.165) is 55.7 Å². The fourth-order valence-corrected chi connectivity index (χ4v) is 4.97. The summed E-state index contributed by atoms with van der Waals surface area (Å²) in [4.78, 5) is 54.0. The number of rotatable bonds is 5. The molecule has 290 valence electrons. The van der Waals surface area contributed by atoms with Crippen LogP contribution in [-0.4, -0.2) is 72.6 Å². The summed E-state index contributed by atoms with van der Waals surface area (Å²) >= 11 is 9.53. The van der Waals surface area contributed by atoms with E-state index in [1.54, 1.807) is 23.5 Å². The van der Waals surface area contributed by atoms with Gasteiger partial charge in [-0.1, -0.05) is 42.8 Å². The van der Waals surface area contributed by atoms with Crippen molar-refractivity contribution in [3.05, 3.63) is 108 Å². The molecule has 13 nitrogen and oxygen atoms in total. The van der Waals surface area contributed by atoms with Crippen LogP contribution in [0.15, 0.2) is 101 Å². The minimum Gasteiger partial charge on any atom is -0.473 e. The van der Waals surface area contributed by atoms with E-state index >= 15 is 0 Å². The Morgan fingerprint density at radius 1 is 0.755 bits per heavy atom. The Labute approximate surface area is 322 Å². The second kappa shape index (κ2) is 27.6. The maximum atomic E-state index is 12.2. The van der Waals surface area contributed by atoms with Crippen molar-refractivity contribution in [1.82, 2.24) is 20.9 Å². The number of hydrogen-bond acceptors (Lipinski definition) is 8. The average Bonchev–Trinajstić information content (AvgIpc) is 3.91. The Morgan fingerprint density at radius 2 is 1.19 bits per heavy atom. The number of likely N-dealkylation sites (tertiary alicyclic amines) is 1. The molecular formula is C38H52Cl2N6O7. The number of anilines is 2. The van der Waals surface area contributed by atoms with Crippen LogP contribution in [0.5, 0.6) is 0 Å². The first-order chi connectivity index (χ1) is 25.2. The number of urea groups is 2. The molecule has 0 spiro atoms. The van der Waals surface area contributed by atoms with E-state index in [9.17, 15) is 14.4 Å². The second-order valence-electron chi connectivity index (χ2n) is 11.5. The number of benzene rings is 2. The molecule has 2 saturated heterocycles. The average molecular weight is 777 g/mol. The molecule has 0 saturated carbocycles. The Kier molecular flexibility index (Phi) is 23.9. The predicted octanol–water partition coefficient (Wildman–Crippen LogP) is 7.88. The van der Waals surface area contributed by atoms with Gasteiger partial charge >= 0.3 is 18.2 Å². The van der Waals surface area contributed by atoms with Crippen LogP contribution in [0.25, 0.3) is 0 Å². The van der Waals surface area contributed by atoms with Crippen LogP contribution in [0, 0.1) is 13.8 Å². The van der Waals surface area contributed by atoms with E-state index in [1.165, 1.54) is 18.1 Å². The zero-order chi connectivity index (χ0) is 38.0. The fraction of sp³-hybridized carbons (Fsp3) is 0.368. The van der Waals surface area contributed by atoms with Crippen LogP contribution in [0.4, 0.5) is 21.0 Å². The number of aryl methyl sites for hydroxylation is 2. The van der Waals surface area contributed by atoms with E-state index < -0.39 is 0 Å². The van der Waals surface area contributed by atoms with Crippen LogP contribution in [0.1, 0.15) is 56.0 Å².